The Kier molecular flexibility index (Phi) is 13.3. The van der Waals surface area contributed by atoms with Crippen molar-refractivity contribution in [2.45, 2.75) is 44.7 Å². The zero-order valence-corrected chi connectivity index (χ0v) is 22.2. The molecule has 0 atom stereocenters. The van der Waals surface area contributed by atoms with Crippen LogP contribution >= 0.6 is 0 Å². The number of ether oxygens (including phenoxy) is 6. The summed E-state index contributed by atoms with van der Waals surface area (Å²) in [6.45, 7) is 3.30. The minimum atomic E-state index is -1.73. The highest BCUT2D eigenvalue weighted by molar-refractivity contribution is 6.03. The summed E-state index contributed by atoms with van der Waals surface area (Å²) in [5.41, 5.74) is 0.342. The van der Waals surface area contributed by atoms with Gasteiger partial charge in [0.25, 0.3) is 0 Å². The van der Waals surface area contributed by atoms with Crippen molar-refractivity contribution in [2.75, 3.05) is 46.6 Å². The molecular formula is C25H33NO12. The molecule has 0 spiro atoms. The molecule has 13 heteroatoms. The van der Waals surface area contributed by atoms with Crippen LogP contribution in [0.3, 0.4) is 0 Å². The number of anilines is 1. The van der Waals surface area contributed by atoms with Crippen LogP contribution in [-0.4, -0.2) is 89.6 Å². The van der Waals surface area contributed by atoms with Gasteiger partial charge in [-0.25, -0.2) is 9.59 Å². The van der Waals surface area contributed by atoms with Crippen LogP contribution in [0.25, 0.3) is 0 Å². The number of carbonyl (C=O) groups is 6. The van der Waals surface area contributed by atoms with Crippen LogP contribution < -0.4 is 4.90 Å². The van der Waals surface area contributed by atoms with Crippen LogP contribution in [-0.2, 0) is 57.2 Å². The molecule has 0 aliphatic rings. The Morgan fingerprint density at radius 3 is 1.39 bits per heavy atom. The molecule has 0 bridgehead atoms. The van der Waals surface area contributed by atoms with Crippen molar-refractivity contribution in [3.8, 4) is 0 Å². The molecule has 0 heterocycles. The lowest BCUT2D eigenvalue weighted by Gasteiger charge is -2.36. The van der Waals surface area contributed by atoms with E-state index in [9.17, 15) is 28.8 Å². The first kappa shape index (κ1) is 31.9. The van der Waals surface area contributed by atoms with Crippen LogP contribution in [0.15, 0.2) is 24.3 Å². The maximum absolute atomic E-state index is 12.8. The first-order chi connectivity index (χ1) is 18.1. The summed E-state index contributed by atoms with van der Waals surface area (Å²) in [4.78, 5) is 76.0. The molecule has 0 N–H and O–H groups in total. The summed E-state index contributed by atoms with van der Waals surface area (Å²) in [6, 6.07) is 2.66. The van der Waals surface area contributed by atoms with Gasteiger partial charge >= 0.3 is 35.8 Å². The number of methoxy groups -OCH3 is 4. The molecule has 210 valence electrons. The highest BCUT2D eigenvalue weighted by atomic mass is 16.6. The Balaban J connectivity index is 3.74. The summed E-state index contributed by atoms with van der Waals surface area (Å²) in [6.07, 6.45) is -0.822. The van der Waals surface area contributed by atoms with Gasteiger partial charge < -0.3 is 33.3 Å². The molecule has 13 nitrogen and oxygen atoms in total. The molecule has 0 saturated heterocycles. The number of esters is 6. The van der Waals surface area contributed by atoms with Gasteiger partial charge in [-0.3, -0.25) is 19.2 Å². The standard InChI is InChI=1S/C25H33NO12/c1-7-37-18(27)13-17(14-19(28)38-8-2)26(21(24(31)35-5)25(32)36-6)16-11-9-15(10-12-16)20(22(29)33-3)23(30)34-4/h9-12,17,20-21H,7-8,13-14H2,1-6H3. The van der Waals surface area contributed by atoms with E-state index in [1.54, 1.807) is 13.8 Å². The van der Waals surface area contributed by atoms with Gasteiger partial charge in [-0.2, -0.15) is 0 Å². The van der Waals surface area contributed by atoms with Crippen LogP contribution in [0, 0.1) is 0 Å². The second-order valence-electron chi connectivity index (χ2n) is 7.60. The lowest BCUT2D eigenvalue weighted by atomic mass is 9.97. The van der Waals surface area contributed by atoms with Gasteiger partial charge in [-0.05, 0) is 31.5 Å². The third-order valence-corrected chi connectivity index (χ3v) is 5.33. The van der Waals surface area contributed by atoms with Gasteiger partial charge in [0.15, 0.2) is 5.92 Å². The topological polar surface area (TPSA) is 161 Å². The average Bonchev–Trinajstić information content (AvgIpc) is 2.91. The average molecular weight is 540 g/mol. The number of rotatable bonds is 14. The molecule has 1 aromatic carbocycles. The fourth-order valence-electron chi connectivity index (χ4n) is 3.65. The van der Waals surface area contributed by atoms with Crippen molar-refractivity contribution in [2.24, 2.45) is 0 Å². The Morgan fingerprint density at radius 2 is 1.05 bits per heavy atom. The minimum Gasteiger partial charge on any atom is -0.468 e. The largest absolute Gasteiger partial charge is 0.468 e. The van der Waals surface area contributed by atoms with E-state index in [0.717, 1.165) is 28.4 Å². The van der Waals surface area contributed by atoms with E-state index >= 15 is 0 Å². The molecule has 0 unspecified atom stereocenters. The molecule has 38 heavy (non-hydrogen) atoms. The zero-order chi connectivity index (χ0) is 28.8. The molecule has 1 rings (SSSR count). The third-order valence-electron chi connectivity index (χ3n) is 5.33. The highest BCUT2D eigenvalue weighted by Gasteiger charge is 2.41. The van der Waals surface area contributed by atoms with Crippen molar-refractivity contribution in [3.63, 3.8) is 0 Å². The van der Waals surface area contributed by atoms with E-state index in [0.29, 0.717) is 0 Å². The van der Waals surface area contributed by atoms with E-state index in [4.69, 9.17) is 28.4 Å². The Morgan fingerprint density at radius 1 is 0.658 bits per heavy atom. The summed E-state index contributed by atoms with van der Waals surface area (Å²) in [7, 11) is 4.34. The molecule has 0 aliphatic carbocycles. The number of hydrogen-bond acceptors (Lipinski definition) is 13. The quantitative estimate of drug-likeness (QED) is 0.186. The van der Waals surface area contributed by atoms with Crippen LogP contribution in [0.4, 0.5) is 5.69 Å². The predicted octanol–water partition coefficient (Wildman–Crippen LogP) is 0.912. The second kappa shape index (κ2) is 15.8. The normalized spacial score (nSPS) is 10.6. The van der Waals surface area contributed by atoms with Crippen molar-refractivity contribution >= 4 is 41.5 Å². The van der Waals surface area contributed by atoms with Crippen molar-refractivity contribution in [1.82, 2.24) is 0 Å². The molecule has 0 aliphatic heterocycles. The molecule has 1 aromatic rings. The lowest BCUT2D eigenvalue weighted by Crippen LogP contribution is -2.54. The first-order valence-corrected chi connectivity index (χ1v) is 11.6. The van der Waals surface area contributed by atoms with E-state index in [1.807, 2.05) is 0 Å². The lowest BCUT2D eigenvalue weighted by molar-refractivity contribution is -0.156. The van der Waals surface area contributed by atoms with Crippen LogP contribution in [0.1, 0.15) is 38.2 Å². The van der Waals surface area contributed by atoms with Crippen LogP contribution in [0.5, 0.6) is 0 Å². The summed E-state index contributed by atoms with van der Waals surface area (Å²) in [5, 5.41) is 0. The van der Waals surface area contributed by atoms with E-state index < -0.39 is 66.7 Å². The fourth-order valence-corrected chi connectivity index (χ4v) is 3.65. The number of nitrogens with zero attached hydrogens (tertiary/aromatic N) is 1. The van der Waals surface area contributed by atoms with Gasteiger partial charge in [0, 0.05) is 5.69 Å². The van der Waals surface area contributed by atoms with Gasteiger partial charge in [0.2, 0.25) is 6.04 Å². The number of carbonyl (C=O) groups excluding carboxylic acids is 6. The molecule has 0 saturated carbocycles. The second-order valence-corrected chi connectivity index (χ2v) is 7.60. The van der Waals surface area contributed by atoms with E-state index in [2.05, 4.69) is 0 Å². The first-order valence-electron chi connectivity index (χ1n) is 11.6. The van der Waals surface area contributed by atoms with Gasteiger partial charge in [0.1, 0.15) is 0 Å². The maximum Gasteiger partial charge on any atom is 0.340 e. The summed E-state index contributed by atoms with van der Waals surface area (Å²) >= 11 is 0. The molecule has 0 fully saturated rings. The monoisotopic (exact) mass is 539 g/mol. The summed E-state index contributed by atoms with van der Waals surface area (Å²) < 4.78 is 29.1. The fraction of sp³-hybridized carbons (Fsp3) is 0.520. The Labute approximate surface area is 220 Å². The van der Waals surface area contributed by atoms with Crippen LogP contribution in [0.2, 0.25) is 0 Å². The maximum atomic E-state index is 12.8. The zero-order valence-electron chi connectivity index (χ0n) is 22.2. The Hall–Kier alpha value is -4.16. The van der Waals surface area contributed by atoms with Crippen molar-refractivity contribution in [1.29, 1.82) is 0 Å². The molecule has 0 aromatic heterocycles. The Bertz CT molecular complexity index is 939. The smallest absolute Gasteiger partial charge is 0.340 e. The number of benzene rings is 1. The van der Waals surface area contributed by atoms with E-state index in [-0.39, 0.29) is 24.5 Å². The highest BCUT2D eigenvalue weighted by Crippen LogP contribution is 2.29. The van der Waals surface area contributed by atoms with Gasteiger partial charge in [0.05, 0.1) is 60.5 Å². The number of hydrogen-bond donors (Lipinski definition) is 0. The van der Waals surface area contributed by atoms with Crippen molar-refractivity contribution < 1.29 is 57.2 Å². The van der Waals surface area contributed by atoms with Crippen molar-refractivity contribution in [3.05, 3.63) is 29.8 Å². The predicted molar refractivity (Wildman–Crippen MR) is 130 cm³/mol. The van der Waals surface area contributed by atoms with E-state index in [1.165, 1.54) is 29.2 Å². The minimum absolute atomic E-state index is 0.0551. The summed E-state index contributed by atoms with van der Waals surface area (Å²) in [5.74, 6) is -6.60. The van der Waals surface area contributed by atoms with Gasteiger partial charge in [-0.1, -0.05) is 12.1 Å². The SMILES string of the molecule is CCOC(=O)CC(CC(=O)OCC)N(c1ccc(C(C(=O)OC)C(=O)OC)cc1)C(C(=O)OC)C(=O)OC. The third kappa shape index (κ3) is 8.46. The molecule has 0 radical (unpaired) electrons. The molecule has 0 amide bonds. The molecular weight excluding hydrogens is 506 g/mol. The van der Waals surface area contributed by atoms with Gasteiger partial charge in [-0.15, -0.1) is 0 Å².